The Bertz CT molecular complexity index is 343. The Hall–Kier alpha value is -1.07. The van der Waals surface area contributed by atoms with Crippen LogP contribution in [0.3, 0.4) is 0 Å². The van der Waals surface area contributed by atoms with Gasteiger partial charge in [0, 0.05) is 25.4 Å². The summed E-state index contributed by atoms with van der Waals surface area (Å²) >= 11 is 0. The van der Waals surface area contributed by atoms with Gasteiger partial charge in [-0.25, -0.2) is 4.79 Å². The molecule has 0 unspecified atom stereocenters. The largest absolute Gasteiger partial charge is 0.329 e. The molecule has 0 saturated heterocycles. The molecule has 1 aromatic rings. The van der Waals surface area contributed by atoms with E-state index in [9.17, 15) is 9.59 Å². The van der Waals surface area contributed by atoms with Gasteiger partial charge in [-0.05, 0) is 0 Å². The summed E-state index contributed by atoms with van der Waals surface area (Å²) in [7, 11) is 0. The van der Waals surface area contributed by atoms with Crippen molar-refractivity contribution in [3.63, 3.8) is 0 Å². The third-order valence-corrected chi connectivity index (χ3v) is 1.27. The number of hydrogen-bond acceptors (Lipinski definition) is 3. The number of nitrogens with one attached hydrogen (secondary N) is 1. The molecule has 0 aliphatic carbocycles. The molecule has 12 heavy (non-hydrogen) atoms. The van der Waals surface area contributed by atoms with Gasteiger partial charge in [0.1, 0.15) is 0 Å². The highest BCUT2D eigenvalue weighted by atomic mass is 35.5. The van der Waals surface area contributed by atoms with Crippen molar-refractivity contribution in [3.05, 3.63) is 33.1 Å². The monoisotopic (exact) mass is 191 g/mol. The summed E-state index contributed by atoms with van der Waals surface area (Å²) in [4.78, 5) is 23.5. The van der Waals surface area contributed by atoms with Crippen molar-refractivity contribution in [1.29, 1.82) is 0 Å². The Morgan fingerprint density at radius 3 is 2.67 bits per heavy atom. The first-order chi connectivity index (χ1) is 5.24. The predicted molar refractivity (Wildman–Crippen MR) is 47.6 cm³/mol. The molecule has 68 valence electrons. The molecule has 0 aliphatic heterocycles. The van der Waals surface area contributed by atoms with Crippen molar-refractivity contribution in [2.45, 2.75) is 6.54 Å². The Kier molecular flexibility index (Phi) is 4.31. The van der Waals surface area contributed by atoms with E-state index in [1.54, 1.807) is 0 Å². The Morgan fingerprint density at radius 1 is 1.50 bits per heavy atom. The van der Waals surface area contributed by atoms with E-state index >= 15 is 0 Å². The standard InChI is InChI=1S/C6H9N3O2.ClH/c7-2-4-9-3-1-5(10)8-6(9)11;/h1,3H,2,4,7H2,(H,8,10,11);1H. The predicted octanol–water partition coefficient (Wildman–Crippen LogP) is -1.08. The highest BCUT2D eigenvalue weighted by Crippen LogP contribution is 1.71. The van der Waals surface area contributed by atoms with E-state index in [0.717, 1.165) is 0 Å². The second-order valence-electron chi connectivity index (χ2n) is 2.09. The van der Waals surface area contributed by atoms with E-state index in [2.05, 4.69) is 4.98 Å². The smallest absolute Gasteiger partial charge is 0.328 e. The molecule has 0 fully saturated rings. The van der Waals surface area contributed by atoms with Crippen LogP contribution in [0.2, 0.25) is 0 Å². The molecule has 0 radical (unpaired) electrons. The Balaban J connectivity index is 0.00000121. The summed E-state index contributed by atoms with van der Waals surface area (Å²) in [5, 5.41) is 0. The minimum absolute atomic E-state index is 0. The van der Waals surface area contributed by atoms with Gasteiger partial charge in [0.05, 0.1) is 0 Å². The first-order valence-corrected chi connectivity index (χ1v) is 3.24. The quantitative estimate of drug-likeness (QED) is 0.624. The lowest BCUT2D eigenvalue weighted by molar-refractivity contribution is 0.655. The zero-order chi connectivity index (χ0) is 8.27. The fourth-order valence-corrected chi connectivity index (χ4v) is 0.759. The summed E-state index contributed by atoms with van der Waals surface area (Å²) in [6.07, 6.45) is 1.42. The lowest BCUT2D eigenvalue weighted by atomic mass is 10.6. The molecule has 0 spiro atoms. The third-order valence-electron chi connectivity index (χ3n) is 1.27. The summed E-state index contributed by atoms with van der Waals surface area (Å²) in [5.74, 6) is 0. The maximum absolute atomic E-state index is 10.9. The van der Waals surface area contributed by atoms with Crippen LogP contribution in [-0.2, 0) is 6.54 Å². The van der Waals surface area contributed by atoms with Crippen molar-refractivity contribution in [1.82, 2.24) is 9.55 Å². The summed E-state index contributed by atoms with van der Waals surface area (Å²) in [6.45, 7) is 0.807. The van der Waals surface area contributed by atoms with Gasteiger partial charge in [-0.1, -0.05) is 0 Å². The van der Waals surface area contributed by atoms with Gasteiger partial charge in [0.2, 0.25) is 0 Å². The SMILES string of the molecule is Cl.NCCn1ccc(=O)[nH]c1=O. The molecular weight excluding hydrogens is 182 g/mol. The number of rotatable bonds is 2. The van der Waals surface area contributed by atoms with Gasteiger partial charge < -0.3 is 5.73 Å². The number of nitrogens with zero attached hydrogens (tertiary/aromatic N) is 1. The average molecular weight is 192 g/mol. The number of aromatic amines is 1. The lowest BCUT2D eigenvalue weighted by Crippen LogP contribution is -2.30. The van der Waals surface area contributed by atoms with E-state index < -0.39 is 5.69 Å². The summed E-state index contributed by atoms with van der Waals surface area (Å²) in [6, 6.07) is 1.29. The lowest BCUT2D eigenvalue weighted by Gasteiger charge is -1.99. The van der Waals surface area contributed by atoms with Crippen LogP contribution in [0.5, 0.6) is 0 Å². The highest BCUT2D eigenvalue weighted by molar-refractivity contribution is 5.85. The second-order valence-corrected chi connectivity index (χ2v) is 2.09. The molecule has 0 amide bonds. The molecule has 0 bridgehead atoms. The van der Waals surface area contributed by atoms with Crippen LogP contribution in [0, 0.1) is 0 Å². The number of H-pyrrole nitrogens is 1. The Labute approximate surface area is 74.6 Å². The second kappa shape index (κ2) is 4.74. The van der Waals surface area contributed by atoms with Crippen LogP contribution in [0.1, 0.15) is 0 Å². The van der Waals surface area contributed by atoms with E-state index in [1.165, 1.54) is 16.8 Å². The van der Waals surface area contributed by atoms with Crippen molar-refractivity contribution in [3.8, 4) is 0 Å². The average Bonchev–Trinajstić information content (AvgIpc) is 1.95. The minimum Gasteiger partial charge on any atom is -0.329 e. The van der Waals surface area contributed by atoms with Gasteiger partial charge in [-0.3, -0.25) is 14.3 Å². The number of aromatic nitrogens is 2. The summed E-state index contributed by atoms with van der Waals surface area (Å²) in [5.41, 5.74) is 4.42. The zero-order valence-corrected chi connectivity index (χ0v) is 7.13. The Morgan fingerprint density at radius 2 is 2.17 bits per heavy atom. The topological polar surface area (TPSA) is 80.9 Å². The van der Waals surface area contributed by atoms with Crippen molar-refractivity contribution in [2.75, 3.05) is 6.54 Å². The molecule has 5 nitrogen and oxygen atoms in total. The minimum atomic E-state index is -0.414. The van der Waals surface area contributed by atoms with Gasteiger partial charge in [-0.15, -0.1) is 12.4 Å². The molecule has 3 N–H and O–H groups in total. The molecular formula is C6H10ClN3O2. The number of hydrogen-bond donors (Lipinski definition) is 2. The van der Waals surface area contributed by atoms with Crippen molar-refractivity contribution >= 4 is 12.4 Å². The van der Waals surface area contributed by atoms with Crippen LogP contribution >= 0.6 is 12.4 Å². The molecule has 1 heterocycles. The van der Waals surface area contributed by atoms with E-state index in [0.29, 0.717) is 13.1 Å². The van der Waals surface area contributed by atoms with Crippen LogP contribution in [-0.4, -0.2) is 16.1 Å². The van der Waals surface area contributed by atoms with Crippen LogP contribution in [0.25, 0.3) is 0 Å². The number of nitrogens with two attached hydrogens (primary N) is 1. The van der Waals surface area contributed by atoms with Crippen molar-refractivity contribution < 1.29 is 0 Å². The first kappa shape index (κ1) is 10.9. The van der Waals surface area contributed by atoms with E-state index in [4.69, 9.17) is 5.73 Å². The van der Waals surface area contributed by atoms with Gasteiger partial charge in [0.25, 0.3) is 5.56 Å². The van der Waals surface area contributed by atoms with Crippen LogP contribution < -0.4 is 17.0 Å². The number of halogens is 1. The van der Waals surface area contributed by atoms with Gasteiger partial charge in [0.15, 0.2) is 0 Å². The molecule has 1 rings (SSSR count). The maximum Gasteiger partial charge on any atom is 0.328 e. The molecule has 0 saturated carbocycles. The molecule has 6 heteroatoms. The fraction of sp³-hybridized carbons (Fsp3) is 0.333. The van der Waals surface area contributed by atoms with Gasteiger partial charge >= 0.3 is 5.69 Å². The van der Waals surface area contributed by atoms with Crippen LogP contribution in [0.4, 0.5) is 0 Å². The van der Waals surface area contributed by atoms with Crippen molar-refractivity contribution in [2.24, 2.45) is 5.73 Å². The first-order valence-electron chi connectivity index (χ1n) is 3.24. The zero-order valence-electron chi connectivity index (χ0n) is 6.32. The van der Waals surface area contributed by atoms with E-state index in [-0.39, 0.29) is 18.0 Å². The molecule has 1 aromatic heterocycles. The fourth-order valence-electron chi connectivity index (χ4n) is 0.759. The summed E-state index contributed by atoms with van der Waals surface area (Å²) < 4.78 is 1.35. The van der Waals surface area contributed by atoms with Crippen LogP contribution in [0.15, 0.2) is 21.9 Å². The van der Waals surface area contributed by atoms with Gasteiger partial charge in [-0.2, -0.15) is 0 Å². The highest BCUT2D eigenvalue weighted by Gasteiger charge is 1.92. The van der Waals surface area contributed by atoms with E-state index in [1.807, 2.05) is 0 Å². The normalized spacial score (nSPS) is 9.08. The molecule has 0 aliphatic rings. The molecule has 0 atom stereocenters. The third kappa shape index (κ3) is 2.52. The maximum atomic E-state index is 10.9. The molecule has 0 aromatic carbocycles.